The van der Waals surface area contributed by atoms with Crippen molar-refractivity contribution in [2.45, 2.75) is 39.2 Å². The molecule has 20 heavy (non-hydrogen) atoms. The number of hydrogen-bond donors (Lipinski definition) is 2. The van der Waals surface area contributed by atoms with Crippen LogP contribution in [0.15, 0.2) is 24.3 Å². The fraction of sp³-hybridized carbons (Fsp3) is 0.562. The maximum absolute atomic E-state index is 12.1. The van der Waals surface area contributed by atoms with E-state index >= 15 is 0 Å². The second-order valence-corrected chi connectivity index (χ2v) is 5.65. The molecule has 1 aromatic rings. The third kappa shape index (κ3) is 3.51. The van der Waals surface area contributed by atoms with E-state index in [1.807, 2.05) is 32.0 Å². The Morgan fingerprint density at radius 3 is 2.75 bits per heavy atom. The van der Waals surface area contributed by atoms with Crippen LogP contribution < -0.4 is 16.0 Å². The molecule has 4 heteroatoms. The van der Waals surface area contributed by atoms with Crippen LogP contribution in [0.2, 0.25) is 0 Å². The largest absolute Gasteiger partial charge is 0.371 e. The maximum atomic E-state index is 12.1. The highest BCUT2D eigenvalue weighted by Gasteiger charge is 2.20. The highest BCUT2D eigenvalue weighted by molar-refractivity contribution is 5.95. The second-order valence-electron chi connectivity index (χ2n) is 5.65. The topological polar surface area (TPSA) is 58.4 Å². The van der Waals surface area contributed by atoms with E-state index in [1.54, 1.807) is 0 Å². The third-order valence-corrected chi connectivity index (χ3v) is 4.14. The van der Waals surface area contributed by atoms with Gasteiger partial charge in [-0.15, -0.1) is 0 Å². The van der Waals surface area contributed by atoms with Gasteiger partial charge in [0.05, 0.1) is 6.04 Å². The van der Waals surface area contributed by atoms with Crippen LogP contribution in [0.5, 0.6) is 0 Å². The van der Waals surface area contributed by atoms with Gasteiger partial charge in [0, 0.05) is 24.5 Å². The van der Waals surface area contributed by atoms with Gasteiger partial charge < -0.3 is 16.0 Å². The number of benzene rings is 1. The Morgan fingerprint density at radius 1 is 1.40 bits per heavy atom. The molecule has 1 heterocycles. The number of carbonyl (C=O) groups excluding carboxylic acids is 1. The Morgan fingerprint density at radius 2 is 2.10 bits per heavy atom. The fourth-order valence-electron chi connectivity index (χ4n) is 2.49. The van der Waals surface area contributed by atoms with Crippen LogP contribution in [0, 0.1) is 5.92 Å². The van der Waals surface area contributed by atoms with Gasteiger partial charge in [-0.2, -0.15) is 0 Å². The first-order valence-corrected chi connectivity index (χ1v) is 7.53. The van der Waals surface area contributed by atoms with Gasteiger partial charge in [0.25, 0.3) is 0 Å². The normalized spacial score (nSPS) is 17.9. The molecular weight excluding hydrogens is 250 g/mol. The number of nitrogens with two attached hydrogens (primary N) is 1. The zero-order chi connectivity index (χ0) is 14.5. The molecule has 0 saturated carbocycles. The summed E-state index contributed by atoms with van der Waals surface area (Å²) in [7, 11) is 0. The molecule has 110 valence electrons. The molecule has 1 amide bonds. The zero-order valence-electron chi connectivity index (χ0n) is 12.4. The quantitative estimate of drug-likeness (QED) is 0.868. The van der Waals surface area contributed by atoms with Gasteiger partial charge in [0.15, 0.2) is 0 Å². The van der Waals surface area contributed by atoms with Crippen molar-refractivity contribution in [3.05, 3.63) is 24.3 Å². The van der Waals surface area contributed by atoms with E-state index in [-0.39, 0.29) is 11.8 Å². The average molecular weight is 275 g/mol. The standard InChI is InChI=1S/C16H25N3O/c1-3-12(2)15(17)16(20)18-13-7-6-8-14(11-13)19-9-4-5-10-19/h6-8,11-12,15H,3-5,9-10,17H2,1-2H3,(H,18,20)/t12?,15-/m0/s1. The molecule has 0 radical (unpaired) electrons. The van der Waals surface area contributed by atoms with Crippen molar-refractivity contribution in [1.29, 1.82) is 0 Å². The summed E-state index contributed by atoms with van der Waals surface area (Å²) in [6, 6.07) is 7.58. The lowest BCUT2D eigenvalue weighted by molar-refractivity contribution is -0.118. The van der Waals surface area contributed by atoms with Gasteiger partial charge in [-0.3, -0.25) is 4.79 Å². The lowest BCUT2D eigenvalue weighted by Crippen LogP contribution is -2.40. The number of nitrogens with one attached hydrogen (secondary N) is 1. The zero-order valence-corrected chi connectivity index (χ0v) is 12.4. The third-order valence-electron chi connectivity index (χ3n) is 4.14. The first kappa shape index (κ1) is 14.9. The molecule has 0 aliphatic carbocycles. The Kier molecular flexibility index (Phi) is 5.01. The van der Waals surface area contributed by atoms with E-state index in [0.29, 0.717) is 0 Å². The minimum atomic E-state index is -0.449. The molecule has 4 nitrogen and oxygen atoms in total. The Labute approximate surface area is 121 Å². The Balaban J connectivity index is 2.02. The molecule has 1 fully saturated rings. The van der Waals surface area contributed by atoms with Crippen molar-refractivity contribution in [3.8, 4) is 0 Å². The fourth-order valence-corrected chi connectivity index (χ4v) is 2.49. The molecule has 1 saturated heterocycles. The van der Waals surface area contributed by atoms with E-state index < -0.39 is 6.04 Å². The molecule has 0 aromatic heterocycles. The van der Waals surface area contributed by atoms with Crippen molar-refractivity contribution in [1.82, 2.24) is 0 Å². The Hall–Kier alpha value is -1.55. The summed E-state index contributed by atoms with van der Waals surface area (Å²) in [5.74, 6) is 0.0923. The van der Waals surface area contributed by atoms with Crippen LogP contribution >= 0.6 is 0 Å². The average Bonchev–Trinajstić information content (AvgIpc) is 3.00. The van der Waals surface area contributed by atoms with E-state index in [2.05, 4.69) is 16.3 Å². The molecule has 0 bridgehead atoms. The number of hydrogen-bond acceptors (Lipinski definition) is 3. The number of carbonyl (C=O) groups is 1. The number of rotatable bonds is 5. The molecule has 1 aliphatic rings. The summed E-state index contributed by atoms with van der Waals surface area (Å²) in [4.78, 5) is 14.4. The molecular formula is C16H25N3O. The SMILES string of the molecule is CCC(C)[C@H](N)C(=O)Nc1cccc(N2CCCC2)c1. The van der Waals surface area contributed by atoms with Crippen LogP contribution in [-0.2, 0) is 4.79 Å². The van der Waals surface area contributed by atoms with Crippen LogP contribution in [0.3, 0.4) is 0 Å². The van der Waals surface area contributed by atoms with Crippen molar-refractivity contribution in [3.63, 3.8) is 0 Å². The molecule has 1 unspecified atom stereocenters. The summed E-state index contributed by atoms with van der Waals surface area (Å²) in [6.45, 7) is 6.25. The molecule has 1 aromatic carbocycles. The van der Waals surface area contributed by atoms with Crippen molar-refractivity contribution in [2.24, 2.45) is 11.7 Å². The van der Waals surface area contributed by atoms with Gasteiger partial charge >= 0.3 is 0 Å². The first-order chi connectivity index (χ1) is 9.61. The van der Waals surface area contributed by atoms with Crippen molar-refractivity contribution < 1.29 is 4.79 Å². The van der Waals surface area contributed by atoms with Crippen LogP contribution in [-0.4, -0.2) is 25.0 Å². The van der Waals surface area contributed by atoms with Crippen LogP contribution in [0.1, 0.15) is 33.1 Å². The lowest BCUT2D eigenvalue weighted by Gasteiger charge is -2.20. The predicted octanol–water partition coefficient (Wildman–Crippen LogP) is 2.60. The first-order valence-electron chi connectivity index (χ1n) is 7.53. The van der Waals surface area contributed by atoms with Crippen molar-refractivity contribution >= 4 is 17.3 Å². The highest BCUT2D eigenvalue weighted by atomic mass is 16.2. The molecule has 1 aliphatic heterocycles. The van der Waals surface area contributed by atoms with E-state index in [9.17, 15) is 4.79 Å². The van der Waals surface area contributed by atoms with Gasteiger partial charge in [0.2, 0.25) is 5.91 Å². The molecule has 2 atom stereocenters. The summed E-state index contributed by atoms with van der Waals surface area (Å²) < 4.78 is 0. The lowest BCUT2D eigenvalue weighted by atomic mass is 9.99. The number of nitrogens with zero attached hydrogens (tertiary/aromatic N) is 1. The van der Waals surface area contributed by atoms with E-state index in [4.69, 9.17) is 5.73 Å². The highest BCUT2D eigenvalue weighted by Crippen LogP contribution is 2.23. The summed E-state index contributed by atoms with van der Waals surface area (Å²) in [5.41, 5.74) is 7.97. The predicted molar refractivity (Wildman–Crippen MR) is 83.9 cm³/mol. The monoisotopic (exact) mass is 275 g/mol. The molecule has 2 rings (SSSR count). The van der Waals surface area contributed by atoms with Crippen LogP contribution in [0.4, 0.5) is 11.4 Å². The number of anilines is 2. The Bertz CT molecular complexity index is 455. The number of amides is 1. The van der Waals surface area contributed by atoms with Crippen LogP contribution in [0.25, 0.3) is 0 Å². The van der Waals surface area contributed by atoms with Gasteiger partial charge in [-0.05, 0) is 37.0 Å². The van der Waals surface area contributed by atoms with E-state index in [0.717, 1.165) is 25.2 Å². The molecule has 3 N–H and O–H groups in total. The smallest absolute Gasteiger partial charge is 0.241 e. The molecule has 0 spiro atoms. The van der Waals surface area contributed by atoms with Gasteiger partial charge in [-0.25, -0.2) is 0 Å². The summed E-state index contributed by atoms with van der Waals surface area (Å²) >= 11 is 0. The second kappa shape index (κ2) is 6.75. The summed E-state index contributed by atoms with van der Waals surface area (Å²) in [6.07, 6.45) is 3.40. The van der Waals surface area contributed by atoms with Crippen molar-refractivity contribution in [2.75, 3.05) is 23.3 Å². The van der Waals surface area contributed by atoms with Gasteiger partial charge in [-0.1, -0.05) is 26.3 Å². The minimum absolute atomic E-state index is 0.0991. The van der Waals surface area contributed by atoms with Gasteiger partial charge in [0.1, 0.15) is 0 Å². The van der Waals surface area contributed by atoms with E-state index in [1.165, 1.54) is 18.5 Å². The minimum Gasteiger partial charge on any atom is -0.371 e. The maximum Gasteiger partial charge on any atom is 0.241 e. The summed E-state index contributed by atoms with van der Waals surface area (Å²) in [5, 5.41) is 2.93.